The van der Waals surface area contributed by atoms with Crippen molar-refractivity contribution in [3.63, 3.8) is 0 Å². The number of hydrogen-bond donors (Lipinski definition) is 2. The van der Waals surface area contributed by atoms with E-state index in [9.17, 15) is 9.59 Å². The summed E-state index contributed by atoms with van der Waals surface area (Å²) in [6.07, 6.45) is 2.39. The van der Waals surface area contributed by atoms with Gasteiger partial charge in [-0.05, 0) is 24.5 Å². The number of furan rings is 1. The van der Waals surface area contributed by atoms with Gasteiger partial charge in [-0.1, -0.05) is 32.5 Å². The molecule has 25 heavy (non-hydrogen) atoms. The molecule has 2 heterocycles. The number of amides is 3. The molecule has 0 aromatic carbocycles. The van der Waals surface area contributed by atoms with Crippen molar-refractivity contribution in [3.05, 3.63) is 18.4 Å². The zero-order chi connectivity index (χ0) is 18.2. The van der Waals surface area contributed by atoms with E-state index in [1.54, 1.807) is 12.3 Å². The molecule has 0 unspecified atom stereocenters. The van der Waals surface area contributed by atoms with Gasteiger partial charge in [-0.3, -0.25) is 14.7 Å². The van der Waals surface area contributed by atoms with Crippen LogP contribution in [0.1, 0.15) is 27.2 Å². The highest BCUT2D eigenvalue weighted by Gasteiger charge is 2.18. The number of thioether (sulfide) groups is 1. The molecule has 0 saturated heterocycles. The lowest BCUT2D eigenvalue weighted by Crippen LogP contribution is -2.40. The zero-order valence-electron chi connectivity index (χ0n) is 14.6. The molecule has 0 aliphatic heterocycles. The van der Waals surface area contributed by atoms with Crippen molar-refractivity contribution in [2.24, 2.45) is 5.92 Å². The Balaban J connectivity index is 2.01. The van der Waals surface area contributed by atoms with E-state index in [1.807, 2.05) is 17.6 Å². The normalized spacial score (nSPS) is 10.9. The Kier molecular flexibility index (Phi) is 7.05. The lowest BCUT2D eigenvalue weighted by molar-refractivity contribution is -0.117. The Labute approximate surface area is 150 Å². The molecular formula is C16H23N5O3S. The summed E-state index contributed by atoms with van der Waals surface area (Å²) < 4.78 is 7.34. The maximum atomic E-state index is 11.9. The fourth-order valence-corrected chi connectivity index (χ4v) is 2.84. The summed E-state index contributed by atoms with van der Waals surface area (Å²) in [6, 6.07) is 3.13. The Bertz CT molecular complexity index is 697. The van der Waals surface area contributed by atoms with Crippen LogP contribution in [0.2, 0.25) is 0 Å². The number of nitrogens with zero attached hydrogens (tertiary/aromatic N) is 3. The highest BCUT2D eigenvalue weighted by atomic mass is 32.2. The molecular weight excluding hydrogens is 342 g/mol. The summed E-state index contributed by atoms with van der Waals surface area (Å²) in [5, 5.41) is 13.8. The first-order chi connectivity index (χ1) is 12.0. The second kappa shape index (κ2) is 9.26. The number of carbonyl (C=O) groups is 2. The number of urea groups is 1. The van der Waals surface area contributed by atoms with Gasteiger partial charge in [0.15, 0.2) is 16.7 Å². The fraction of sp³-hybridized carbons (Fsp3) is 0.500. The van der Waals surface area contributed by atoms with Gasteiger partial charge in [0.1, 0.15) is 0 Å². The van der Waals surface area contributed by atoms with E-state index in [0.717, 1.165) is 6.42 Å². The van der Waals surface area contributed by atoms with Gasteiger partial charge in [-0.2, -0.15) is 0 Å². The van der Waals surface area contributed by atoms with E-state index in [-0.39, 0.29) is 11.7 Å². The Morgan fingerprint density at radius 2 is 2.16 bits per heavy atom. The fourth-order valence-electron chi connectivity index (χ4n) is 2.09. The molecule has 0 aliphatic rings. The molecule has 2 rings (SSSR count). The van der Waals surface area contributed by atoms with Gasteiger partial charge < -0.3 is 9.73 Å². The summed E-state index contributed by atoms with van der Waals surface area (Å²) in [7, 11) is 0. The van der Waals surface area contributed by atoms with Crippen molar-refractivity contribution < 1.29 is 14.0 Å². The van der Waals surface area contributed by atoms with E-state index in [0.29, 0.717) is 35.7 Å². The van der Waals surface area contributed by atoms with Gasteiger partial charge in [0.25, 0.3) is 0 Å². The first-order valence-electron chi connectivity index (χ1n) is 8.18. The minimum atomic E-state index is -0.479. The quantitative estimate of drug-likeness (QED) is 0.697. The molecule has 0 fully saturated rings. The lowest BCUT2D eigenvalue weighted by Gasteiger charge is -2.11. The summed E-state index contributed by atoms with van der Waals surface area (Å²) in [5.74, 6) is 1.33. The molecule has 2 aromatic heterocycles. The van der Waals surface area contributed by atoms with Crippen LogP contribution < -0.4 is 10.6 Å². The molecule has 0 radical (unpaired) electrons. The van der Waals surface area contributed by atoms with Crippen LogP contribution in [0.4, 0.5) is 4.79 Å². The van der Waals surface area contributed by atoms with Gasteiger partial charge in [-0.15, -0.1) is 10.2 Å². The van der Waals surface area contributed by atoms with Crippen molar-refractivity contribution in [2.75, 3.05) is 12.3 Å². The third kappa shape index (κ3) is 5.63. The Hall–Kier alpha value is -2.29. The van der Waals surface area contributed by atoms with Crippen molar-refractivity contribution in [2.45, 2.75) is 38.9 Å². The zero-order valence-corrected chi connectivity index (χ0v) is 15.4. The van der Waals surface area contributed by atoms with Crippen molar-refractivity contribution >= 4 is 23.7 Å². The first kappa shape index (κ1) is 19.0. The molecule has 8 nitrogen and oxygen atoms in total. The van der Waals surface area contributed by atoms with Gasteiger partial charge in [0.05, 0.1) is 12.0 Å². The van der Waals surface area contributed by atoms with Gasteiger partial charge in [0, 0.05) is 13.1 Å². The van der Waals surface area contributed by atoms with Crippen LogP contribution in [0.25, 0.3) is 11.6 Å². The topological polar surface area (TPSA) is 102 Å². The lowest BCUT2D eigenvalue weighted by atomic mass is 10.2. The second-order valence-corrected chi connectivity index (χ2v) is 6.82. The van der Waals surface area contributed by atoms with E-state index in [2.05, 4.69) is 34.7 Å². The maximum Gasteiger partial charge on any atom is 0.321 e. The van der Waals surface area contributed by atoms with E-state index < -0.39 is 6.03 Å². The number of carbonyl (C=O) groups excluding carboxylic acids is 2. The Morgan fingerprint density at radius 1 is 1.36 bits per heavy atom. The molecule has 2 N–H and O–H groups in total. The van der Waals surface area contributed by atoms with Gasteiger partial charge in [-0.25, -0.2) is 4.79 Å². The molecule has 0 aliphatic carbocycles. The smallest absolute Gasteiger partial charge is 0.321 e. The average molecular weight is 365 g/mol. The van der Waals surface area contributed by atoms with Gasteiger partial charge in [0.2, 0.25) is 5.91 Å². The summed E-state index contributed by atoms with van der Waals surface area (Å²) in [4.78, 5) is 23.4. The molecule has 2 aromatic rings. The molecule has 3 amide bonds. The minimum absolute atomic E-state index is 0.0773. The van der Waals surface area contributed by atoms with Crippen LogP contribution in [0, 0.1) is 5.92 Å². The number of rotatable bonds is 8. The van der Waals surface area contributed by atoms with Crippen molar-refractivity contribution in [3.8, 4) is 11.6 Å². The van der Waals surface area contributed by atoms with Crippen LogP contribution in [0.5, 0.6) is 0 Å². The number of hydrogen-bond acceptors (Lipinski definition) is 6. The molecule has 9 heteroatoms. The number of nitrogens with one attached hydrogen (secondary N) is 2. The van der Waals surface area contributed by atoms with Crippen molar-refractivity contribution in [1.82, 2.24) is 25.4 Å². The number of imide groups is 1. The highest BCUT2D eigenvalue weighted by molar-refractivity contribution is 7.99. The van der Waals surface area contributed by atoms with Crippen LogP contribution in [-0.4, -0.2) is 39.0 Å². The Morgan fingerprint density at radius 3 is 2.80 bits per heavy atom. The van der Waals surface area contributed by atoms with Crippen molar-refractivity contribution in [1.29, 1.82) is 0 Å². The van der Waals surface area contributed by atoms with Gasteiger partial charge >= 0.3 is 6.03 Å². The SMILES string of the molecule is CCCNC(=O)NC(=O)CSc1nnc(-c2ccco2)n1CC(C)C. The number of aromatic nitrogens is 3. The van der Waals surface area contributed by atoms with E-state index >= 15 is 0 Å². The maximum absolute atomic E-state index is 11.9. The van der Waals surface area contributed by atoms with E-state index in [1.165, 1.54) is 11.8 Å². The second-order valence-electron chi connectivity index (χ2n) is 5.88. The molecule has 136 valence electrons. The monoisotopic (exact) mass is 365 g/mol. The molecule has 0 bridgehead atoms. The van der Waals surface area contributed by atoms with Crippen LogP contribution in [0.15, 0.2) is 28.0 Å². The first-order valence-corrected chi connectivity index (χ1v) is 9.17. The third-order valence-corrected chi connectivity index (χ3v) is 4.09. The summed E-state index contributed by atoms with van der Waals surface area (Å²) in [6.45, 7) is 7.35. The molecule has 0 spiro atoms. The van der Waals surface area contributed by atoms with Crippen LogP contribution in [-0.2, 0) is 11.3 Å². The highest BCUT2D eigenvalue weighted by Crippen LogP contribution is 2.25. The summed E-state index contributed by atoms with van der Waals surface area (Å²) in [5.41, 5.74) is 0. The predicted octanol–water partition coefficient (Wildman–Crippen LogP) is 2.52. The molecule has 0 atom stereocenters. The summed E-state index contributed by atoms with van der Waals surface area (Å²) >= 11 is 1.24. The van der Waals surface area contributed by atoms with Crippen LogP contribution in [0.3, 0.4) is 0 Å². The largest absolute Gasteiger partial charge is 0.461 e. The third-order valence-electron chi connectivity index (χ3n) is 3.13. The minimum Gasteiger partial charge on any atom is -0.461 e. The average Bonchev–Trinajstić information content (AvgIpc) is 3.20. The predicted molar refractivity (Wildman–Crippen MR) is 95.1 cm³/mol. The van der Waals surface area contributed by atoms with E-state index in [4.69, 9.17) is 4.42 Å². The van der Waals surface area contributed by atoms with Crippen LogP contribution >= 0.6 is 11.8 Å². The standard InChI is InChI=1S/C16H23N5O3S/c1-4-7-17-15(23)18-13(22)10-25-16-20-19-14(12-6-5-8-24-12)21(16)9-11(2)3/h5-6,8,11H,4,7,9-10H2,1-3H3,(H2,17,18,22,23). The molecule has 0 saturated carbocycles.